The van der Waals surface area contributed by atoms with Gasteiger partial charge in [-0.05, 0) is 13.0 Å². The summed E-state index contributed by atoms with van der Waals surface area (Å²) >= 11 is 11.2. The molecule has 0 saturated carbocycles. The Labute approximate surface area is 107 Å². The van der Waals surface area contributed by atoms with Gasteiger partial charge >= 0.3 is 5.97 Å². The van der Waals surface area contributed by atoms with Crippen LogP contribution >= 0.6 is 23.2 Å². The Morgan fingerprint density at radius 2 is 2.18 bits per heavy atom. The van der Waals surface area contributed by atoms with E-state index in [4.69, 9.17) is 23.2 Å². The van der Waals surface area contributed by atoms with E-state index >= 15 is 0 Å². The molecule has 0 amide bonds. The quantitative estimate of drug-likeness (QED) is 0.628. The highest BCUT2D eigenvalue weighted by Crippen LogP contribution is 2.32. The first-order valence-electron chi connectivity index (χ1n) is 4.74. The van der Waals surface area contributed by atoms with E-state index in [1.54, 1.807) is 6.92 Å². The largest absolute Gasteiger partial charge is 0.466 e. The van der Waals surface area contributed by atoms with Gasteiger partial charge in [-0.2, -0.15) is 0 Å². The van der Waals surface area contributed by atoms with E-state index in [0.717, 1.165) is 6.07 Å². The second-order valence-electron chi connectivity index (χ2n) is 3.09. The van der Waals surface area contributed by atoms with Crippen molar-refractivity contribution in [2.45, 2.75) is 19.8 Å². The molecule has 0 saturated heterocycles. The number of pyridine rings is 1. The Hall–Kier alpha value is -0.940. The molecule has 0 N–H and O–H groups in total. The zero-order chi connectivity index (χ0) is 13.0. The van der Waals surface area contributed by atoms with Crippen molar-refractivity contribution in [2.75, 3.05) is 6.61 Å². The number of hydrogen-bond acceptors (Lipinski definition) is 3. The van der Waals surface area contributed by atoms with E-state index in [1.807, 2.05) is 0 Å². The average Bonchev–Trinajstić information content (AvgIpc) is 2.23. The van der Waals surface area contributed by atoms with Crippen LogP contribution in [0.2, 0.25) is 10.2 Å². The summed E-state index contributed by atoms with van der Waals surface area (Å²) in [5.41, 5.74) is -0.334. The number of aromatic nitrogens is 1. The summed E-state index contributed by atoms with van der Waals surface area (Å²) in [7, 11) is 0. The molecule has 0 aromatic carbocycles. The first-order valence-corrected chi connectivity index (χ1v) is 5.49. The zero-order valence-corrected chi connectivity index (χ0v) is 10.4. The normalized spacial score (nSPS) is 10.7. The van der Waals surface area contributed by atoms with Crippen molar-refractivity contribution in [3.05, 3.63) is 27.5 Å². The zero-order valence-electron chi connectivity index (χ0n) is 8.84. The average molecular weight is 284 g/mol. The number of halogens is 4. The highest BCUT2D eigenvalue weighted by molar-refractivity contribution is 6.41. The van der Waals surface area contributed by atoms with Gasteiger partial charge in [-0.25, -0.2) is 13.8 Å². The van der Waals surface area contributed by atoms with Gasteiger partial charge in [0, 0.05) is 5.56 Å². The molecule has 0 spiro atoms. The fraction of sp³-hybridized carbons (Fsp3) is 0.400. The van der Waals surface area contributed by atoms with E-state index in [9.17, 15) is 13.6 Å². The van der Waals surface area contributed by atoms with Crippen molar-refractivity contribution < 1.29 is 18.3 Å². The van der Waals surface area contributed by atoms with Gasteiger partial charge in [0.25, 0.3) is 6.43 Å². The van der Waals surface area contributed by atoms with Crippen molar-refractivity contribution in [3.8, 4) is 0 Å². The van der Waals surface area contributed by atoms with Gasteiger partial charge in [0.2, 0.25) is 0 Å². The van der Waals surface area contributed by atoms with Crippen molar-refractivity contribution >= 4 is 29.2 Å². The molecule has 94 valence electrons. The lowest BCUT2D eigenvalue weighted by Gasteiger charge is -2.07. The Morgan fingerprint density at radius 3 is 2.71 bits per heavy atom. The Morgan fingerprint density at radius 1 is 1.53 bits per heavy atom. The molecule has 0 aliphatic carbocycles. The molecule has 0 fully saturated rings. The summed E-state index contributed by atoms with van der Waals surface area (Å²) in [5, 5.41) is -0.543. The molecule has 3 nitrogen and oxygen atoms in total. The number of rotatable bonds is 4. The maximum atomic E-state index is 12.6. The lowest BCUT2D eigenvalue weighted by atomic mass is 10.2. The second kappa shape index (κ2) is 6.12. The molecule has 0 aliphatic heterocycles. The number of ether oxygens (including phenoxy) is 1. The molecule has 17 heavy (non-hydrogen) atoms. The summed E-state index contributed by atoms with van der Waals surface area (Å²) in [6.07, 6.45) is -2.99. The summed E-state index contributed by atoms with van der Waals surface area (Å²) < 4.78 is 29.8. The fourth-order valence-electron chi connectivity index (χ4n) is 1.18. The molecule has 0 unspecified atom stereocenters. The van der Waals surface area contributed by atoms with Gasteiger partial charge in [-0.3, -0.25) is 4.79 Å². The van der Waals surface area contributed by atoms with Crippen LogP contribution < -0.4 is 0 Å². The van der Waals surface area contributed by atoms with Gasteiger partial charge in [-0.15, -0.1) is 0 Å². The van der Waals surface area contributed by atoms with Crippen molar-refractivity contribution in [2.24, 2.45) is 0 Å². The molecule has 0 bridgehead atoms. The lowest BCUT2D eigenvalue weighted by molar-refractivity contribution is -0.142. The number of nitrogens with zero attached hydrogens (tertiary/aromatic N) is 1. The molecule has 1 heterocycles. The van der Waals surface area contributed by atoms with Gasteiger partial charge in [0.1, 0.15) is 5.15 Å². The van der Waals surface area contributed by atoms with Crippen LogP contribution in [-0.2, 0) is 16.0 Å². The minimum atomic E-state index is -2.77. The first-order chi connectivity index (χ1) is 7.95. The highest BCUT2D eigenvalue weighted by Gasteiger charge is 2.18. The molecule has 1 aromatic rings. The molecule has 7 heteroatoms. The van der Waals surface area contributed by atoms with Crippen molar-refractivity contribution in [1.82, 2.24) is 4.98 Å². The maximum absolute atomic E-state index is 12.6. The molecular weight excluding hydrogens is 275 g/mol. The highest BCUT2D eigenvalue weighted by atomic mass is 35.5. The Kier molecular flexibility index (Phi) is 5.08. The van der Waals surface area contributed by atoms with E-state index in [1.165, 1.54) is 0 Å². The molecule has 0 atom stereocenters. The van der Waals surface area contributed by atoms with Crippen LogP contribution in [0.4, 0.5) is 8.78 Å². The summed E-state index contributed by atoms with van der Waals surface area (Å²) in [4.78, 5) is 14.9. The molecule has 0 aliphatic rings. The summed E-state index contributed by atoms with van der Waals surface area (Å²) in [6, 6.07) is 1.05. The predicted molar refractivity (Wildman–Crippen MR) is 59.6 cm³/mol. The minimum Gasteiger partial charge on any atom is -0.466 e. The fourth-order valence-corrected chi connectivity index (χ4v) is 1.58. The summed E-state index contributed by atoms with van der Waals surface area (Å²) in [5.74, 6) is -0.557. The van der Waals surface area contributed by atoms with Crippen LogP contribution in [0.5, 0.6) is 0 Å². The van der Waals surface area contributed by atoms with E-state index in [-0.39, 0.29) is 28.9 Å². The van der Waals surface area contributed by atoms with E-state index in [2.05, 4.69) is 9.72 Å². The van der Waals surface area contributed by atoms with Crippen LogP contribution in [0.1, 0.15) is 24.6 Å². The SMILES string of the molecule is CCOC(=O)Cc1cc(C(F)F)c(Cl)c(Cl)n1. The predicted octanol–water partition coefficient (Wildman–Crippen LogP) is 3.43. The molecule has 1 aromatic heterocycles. The van der Waals surface area contributed by atoms with Crippen molar-refractivity contribution in [3.63, 3.8) is 0 Å². The van der Waals surface area contributed by atoms with Gasteiger partial charge in [-0.1, -0.05) is 23.2 Å². The first kappa shape index (κ1) is 14.1. The summed E-state index contributed by atoms with van der Waals surface area (Å²) in [6.45, 7) is 1.85. The lowest BCUT2D eigenvalue weighted by Crippen LogP contribution is -2.09. The number of carbonyl (C=O) groups is 1. The molecule has 0 radical (unpaired) electrons. The number of hydrogen-bond donors (Lipinski definition) is 0. The van der Waals surface area contributed by atoms with E-state index < -0.39 is 18.0 Å². The van der Waals surface area contributed by atoms with Gasteiger partial charge in [0.05, 0.1) is 23.7 Å². The van der Waals surface area contributed by atoms with Crippen molar-refractivity contribution in [1.29, 1.82) is 0 Å². The van der Waals surface area contributed by atoms with Crippen LogP contribution in [0.15, 0.2) is 6.07 Å². The third-order valence-corrected chi connectivity index (χ3v) is 2.63. The van der Waals surface area contributed by atoms with Crippen LogP contribution in [-0.4, -0.2) is 17.6 Å². The third kappa shape index (κ3) is 3.78. The van der Waals surface area contributed by atoms with E-state index in [0.29, 0.717) is 0 Å². The van der Waals surface area contributed by atoms with Crippen LogP contribution in [0.3, 0.4) is 0 Å². The number of carbonyl (C=O) groups excluding carboxylic acids is 1. The monoisotopic (exact) mass is 283 g/mol. The molecule has 1 rings (SSSR count). The Bertz CT molecular complexity index is 427. The standard InChI is InChI=1S/C10H9Cl2F2NO2/c1-2-17-7(16)4-5-3-6(10(13)14)8(11)9(12)15-5/h3,10H,2,4H2,1H3. The van der Waals surface area contributed by atoms with Crippen LogP contribution in [0.25, 0.3) is 0 Å². The third-order valence-electron chi connectivity index (χ3n) is 1.86. The second-order valence-corrected chi connectivity index (χ2v) is 3.83. The Balaban J connectivity index is 2.98. The maximum Gasteiger partial charge on any atom is 0.311 e. The smallest absolute Gasteiger partial charge is 0.311 e. The van der Waals surface area contributed by atoms with Gasteiger partial charge in [0.15, 0.2) is 0 Å². The topological polar surface area (TPSA) is 39.2 Å². The van der Waals surface area contributed by atoms with Crippen LogP contribution in [0, 0.1) is 0 Å². The number of esters is 1. The molecular formula is C10H9Cl2F2NO2. The number of alkyl halides is 2. The van der Waals surface area contributed by atoms with Gasteiger partial charge < -0.3 is 4.74 Å². The minimum absolute atomic E-state index is 0.105.